The number of anilines is 1. The van der Waals surface area contributed by atoms with Crippen molar-refractivity contribution < 1.29 is 23.8 Å². The Morgan fingerprint density at radius 3 is 2.24 bits per heavy atom. The number of aryl methyl sites for hydroxylation is 3. The molecule has 0 aliphatic carbocycles. The SMILES string of the molecule is COc1ccc(/C=C/C(=O)O[C@H](C)C(=O)Nc2c(C)cc(C)cc2C)c(OC)c1. The first kappa shape index (κ1) is 22.0. The van der Waals surface area contributed by atoms with Gasteiger partial charge in [-0.1, -0.05) is 17.7 Å². The van der Waals surface area contributed by atoms with Crippen molar-refractivity contribution in [3.63, 3.8) is 0 Å². The molecule has 0 bridgehead atoms. The lowest BCUT2D eigenvalue weighted by atomic mass is 10.0. The number of carbonyl (C=O) groups excluding carboxylic acids is 2. The van der Waals surface area contributed by atoms with Crippen LogP contribution in [-0.2, 0) is 14.3 Å². The molecule has 0 spiro atoms. The third-order valence-corrected chi connectivity index (χ3v) is 4.43. The maximum absolute atomic E-state index is 12.4. The van der Waals surface area contributed by atoms with Gasteiger partial charge in [-0.15, -0.1) is 0 Å². The Morgan fingerprint density at radius 1 is 1.00 bits per heavy atom. The van der Waals surface area contributed by atoms with Crippen molar-refractivity contribution >= 4 is 23.6 Å². The van der Waals surface area contributed by atoms with E-state index in [1.807, 2.05) is 32.9 Å². The van der Waals surface area contributed by atoms with Crippen LogP contribution in [0.3, 0.4) is 0 Å². The molecule has 0 aliphatic heterocycles. The van der Waals surface area contributed by atoms with Gasteiger partial charge in [0, 0.05) is 23.4 Å². The van der Waals surface area contributed by atoms with E-state index >= 15 is 0 Å². The molecule has 0 unspecified atom stereocenters. The number of amides is 1. The zero-order valence-corrected chi connectivity index (χ0v) is 17.7. The van der Waals surface area contributed by atoms with E-state index in [1.165, 1.54) is 20.1 Å². The summed E-state index contributed by atoms with van der Waals surface area (Å²) in [6, 6.07) is 9.22. The number of hydrogen-bond donors (Lipinski definition) is 1. The van der Waals surface area contributed by atoms with E-state index < -0.39 is 12.1 Å². The van der Waals surface area contributed by atoms with Crippen molar-refractivity contribution in [2.75, 3.05) is 19.5 Å². The van der Waals surface area contributed by atoms with Gasteiger partial charge < -0.3 is 19.5 Å². The van der Waals surface area contributed by atoms with Crippen molar-refractivity contribution in [3.8, 4) is 11.5 Å². The molecule has 154 valence electrons. The zero-order valence-electron chi connectivity index (χ0n) is 17.7. The smallest absolute Gasteiger partial charge is 0.331 e. The molecule has 6 nitrogen and oxygen atoms in total. The maximum Gasteiger partial charge on any atom is 0.331 e. The highest BCUT2D eigenvalue weighted by Crippen LogP contribution is 2.26. The van der Waals surface area contributed by atoms with Gasteiger partial charge in [-0.3, -0.25) is 4.79 Å². The lowest BCUT2D eigenvalue weighted by Gasteiger charge is -2.16. The average molecular weight is 397 g/mol. The summed E-state index contributed by atoms with van der Waals surface area (Å²) in [5.41, 5.74) is 4.47. The Morgan fingerprint density at radius 2 is 1.66 bits per heavy atom. The van der Waals surface area contributed by atoms with Crippen LogP contribution in [0, 0.1) is 20.8 Å². The van der Waals surface area contributed by atoms with E-state index in [2.05, 4.69) is 5.32 Å². The molecule has 2 aromatic carbocycles. The van der Waals surface area contributed by atoms with Crippen molar-refractivity contribution in [1.29, 1.82) is 0 Å². The largest absolute Gasteiger partial charge is 0.497 e. The van der Waals surface area contributed by atoms with Gasteiger partial charge in [0.25, 0.3) is 5.91 Å². The summed E-state index contributed by atoms with van der Waals surface area (Å²) in [5.74, 6) is 0.199. The minimum Gasteiger partial charge on any atom is -0.497 e. The van der Waals surface area contributed by atoms with E-state index in [1.54, 1.807) is 31.4 Å². The fourth-order valence-electron chi connectivity index (χ4n) is 2.98. The van der Waals surface area contributed by atoms with Crippen LogP contribution in [0.4, 0.5) is 5.69 Å². The third kappa shape index (κ3) is 5.85. The Hall–Kier alpha value is -3.28. The lowest BCUT2D eigenvalue weighted by Crippen LogP contribution is -2.30. The molecule has 1 N–H and O–H groups in total. The summed E-state index contributed by atoms with van der Waals surface area (Å²) < 4.78 is 15.7. The third-order valence-electron chi connectivity index (χ3n) is 4.43. The van der Waals surface area contributed by atoms with Gasteiger partial charge in [-0.05, 0) is 57.0 Å². The van der Waals surface area contributed by atoms with Gasteiger partial charge >= 0.3 is 5.97 Å². The van der Waals surface area contributed by atoms with E-state index in [0.717, 1.165) is 22.4 Å². The van der Waals surface area contributed by atoms with Crippen molar-refractivity contribution in [1.82, 2.24) is 0 Å². The molecule has 29 heavy (non-hydrogen) atoms. The van der Waals surface area contributed by atoms with Gasteiger partial charge in [-0.2, -0.15) is 0 Å². The zero-order chi connectivity index (χ0) is 21.6. The number of carbonyl (C=O) groups is 2. The summed E-state index contributed by atoms with van der Waals surface area (Å²) in [7, 11) is 3.10. The van der Waals surface area contributed by atoms with Gasteiger partial charge in [-0.25, -0.2) is 4.79 Å². The van der Waals surface area contributed by atoms with E-state index in [9.17, 15) is 9.59 Å². The lowest BCUT2D eigenvalue weighted by molar-refractivity contribution is -0.148. The fraction of sp³-hybridized carbons (Fsp3) is 0.304. The summed E-state index contributed by atoms with van der Waals surface area (Å²) in [6.07, 6.45) is 1.89. The number of benzene rings is 2. The topological polar surface area (TPSA) is 73.9 Å². The average Bonchev–Trinajstić information content (AvgIpc) is 2.68. The predicted molar refractivity (Wildman–Crippen MR) is 113 cm³/mol. The molecule has 6 heteroatoms. The van der Waals surface area contributed by atoms with Gasteiger partial charge in [0.05, 0.1) is 14.2 Å². The highest BCUT2D eigenvalue weighted by atomic mass is 16.5. The molecular weight excluding hydrogens is 370 g/mol. The van der Waals surface area contributed by atoms with Crippen LogP contribution >= 0.6 is 0 Å². The van der Waals surface area contributed by atoms with E-state index in [4.69, 9.17) is 14.2 Å². The molecular formula is C23H27NO5. The summed E-state index contributed by atoms with van der Waals surface area (Å²) >= 11 is 0. The molecule has 1 amide bonds. The molecule has 0 saturated carbocycles. The van der Waals surface area contributed by atoms with Crippen LogP contribution in [0.1, 0.15) is 29.2 Å². The molecule has 1 atom stereocenters. The number of hydrogen-bond acceptors (Lipinski definition) is 5. The van der Waals surface area contributed by atoms with Gasteiger partial charge in [0.15, 0.2) is 6.10 Å². The van der Waals surface area contributed by atoms with E-state index in [-0.39, 0.29) is 5.91 Å². The second-order valence-electron chi connectivity index (χ2n) is 6.78. The quantitative estimate of drug-likeness (QED) is 0.560. The van der Waals surface area contributed by atoms with E-state index in [0.29, 0.717) is 17.1 Å². The van der Waals surface area contributed by atoms with Crippen molar-refractivity contribution in [2.24, 2.45) is 0 Å². The minimum atomic E-state index is -0.940. The number of nitrogens with one attached hydrogen (secondary N) is 1. The molecule has 2 rings (SSSR count). The first-order valence-electron chi connectivity index (χ1n) is 9.24. The molecule has 0 saturated heterocycles. The summed E-state index contributed by atoms with van der Waals surface area (Å²) in [5, 5.41) is 2.84. The number of rotatable bonds is 7. The van der Waals surface area contributed by atoms with Crippen LogP contribution in [-0.4, -0.2) is 32.2 Å². The van der Waals surface area contributed by atoms with Crippen LogP contribution in [0.15, 0.2) is 36.4 Å². The van der Waals surface area contributed by atoms with Crippen molar-refractivity contribution in [3.05, 3.63) is 58.7 Å². The second-order valence-corrected chi connectivity index (χ2v) is 6.78. The second kappa shape index (κ2) is 9.78. The molecule has 0 heterocycles. The first-order valence-corrected chi connectivity index (χ1v) is 9.24. The number of methoxy groups -OCH3 is 2. The van der Waals surface area contributed by atoms with Crippen LogP contribution in [0.5, 0.6) is 11.5 Å². The van der Waals surface area contributed by atoms with Crippen LogP contribution in [0.2, 0.25) is 0 Å². The fourth-order valence-corrected chi connectivity index (χ4v) is 2.98. The Kier molecular flexibility index (Phi) is 7.42. The first-order chi connectivity index (χ1) is 13.7. The molecule has 2 aromatic rings. The normalized spacial score (nSPS) is 11.8. The Bertz CT molecular complexity index is 910. The molecule has 0 aliphatic rings. The highest BCUT2D eigenvalue weighted by molar-refractivity contribution is 5.97. The predicted octanol–water partition coefficient (Wildman–Crippen LogP) is 4.21. The van der Waals surface area contributed by atoms with Gasteiger partial charge in [0.1, 0.15) is 11.5 Å². The Balaban J connectivity index is 2.02. The molecule has 0 radical (unpaired) electrons. The van der Waals surface area contributed by atoms with Crippen molar-refractivity contribution in [2.45, 2.75) is 33.8 Å². The minimum absolute atomic E-state index is 0.385. The van der Waals surface area contributed by atoms with Gasteiger partial charge in [0.2, 0.25) is 0 Å². The summed E-state index contributed by atoms with van der Waals surface area (Å²) in [4.78, 5) is 24.6. The number of ether oxygens (including phenoxy) is 3. The molecule has 0 fully saturated rings. The Labute approximate surface area is 171 Å². The number of esters is 1. The summed E-state index contributed by atoms with van der Waals surface area (Å²) in [6.45, 7) is 7.39. The van der Waals surface area contributed by atoms with Crippen LogP contribution in [0.25, 0.3) is 6.08 Å². The standard InChI is InChI=1S/C23H27NO5/c1-14-11-15(2)22(16(3)12-14)24-23(26)17(4)29-21(25)10-8-18-7-9-19(27-5)13-20(18)28-6/h7-13,17H,1-6H3,(H,24,26)/b10-8+/t17-/m1/s1. The molecule has 0 aromatic heterocycles. The monoisotopic (exact) mass is 397 g/mol. The van der Waals surface area contributed by atoms with Crippen LogP contribution < -0.4 is 14.8 Å². The highest BCUT2D eigenvalue weighted by Gasteiger charge is 2.18. The maximum atomic E-state index is 12.4.